The summed E-state index contributed by atoms with van der Waals surface area (Å²) in [5, 5.41) is 6.86. The second-order valence-corrected chi connectivity index (χ2v) is 5.80. The zero-order chi connectivity index (χ0) is 13.0. The van der Waals surface area contributed by atoms with Crippen LogP contribution in [-0.2, 0) is 4.74 Å². The number of nitrogens with zero attached hydrogens (tertiary/aromatic N) is 1. The molecule has 3 atom stereocenters. The Bertz CT molecular complexity index is 296. The molecule has 2 aliphatic rings. The number of hydrogen-bond acceptors (Lipinski definition) is 2. The molecule has 2 N–H and O–H groups in total. The highest BCUT2D eigenvalue weighted by Gasteiger charge is 2.41. The van der Waals surface area contributed by atoms with Gasteiger partial charge in [0.05, 0.1) is 18.2 Å². The van der Waals surface area contributed by atoms with E-state index in [1.807, 2.05) is 0 Å². The molecule has 5 heteroatoms. The van der Waals surface area contributed by atoms with Crippen LogP contribution in [0.5, 0.6) is 0 Å². The quantitative estimate of drug-likeness (QED) is 0.437. The molecule has 0 spiro atoms. The molecule has 0 aliphatic carbocycles. The molecule has 0 aromatic carbocycles. The molecule has 0 amide bonds. The molecule has 3 unspecified atom stereocenters. The van der Waals surface area contributed by atoms with Gasteiger partial charge in [-0.25, -0.2) is 0 Å². The van der Waals surface area contributed by atoms with Crippen LogP contribution in [0.25, 0.3) is 0 Å². The summed E-state index contributed by atoms with van der Waals surface area (Å²) in [5.74, 6) is 1.67. The Balaban J connectivity index is 0.00000180. The third kappa shape index (κ3) is 5.10. The van der Waals surface area contributed by atoms with E-state index in [2.05, 4.69) is 36.4 Å². The zero-order valence-corrected chi connectivity index (χ0v) is 14.6. The lowest BCUT2D eigenvalue weighted by atomic mass is 9.96. The first kappa shape index (κ1) is 17.0. The Morgan fingerprint density at radius 1 is 1.37 bits per heavy atom. The molecule has 19 heavy (non-hydrogen) atoms. The van der Waals surface area contributed by atoms with Crippen molar-refractivity contribution in [3.05, 3.63) is 0 Å². The van der Waals surface area contributed by atoms with Gasteiger partial charge in [-0.2, -0.15) is 0 Å². The molecule has 2 heterocycles. The highest BCUT2D eigenvalue weighted by Crippen LogP contribution is 2.34. The summed E-state index contributed by atoms with van der Waals surface area (Å²) in [6.45, 7) is 8.39. The molecular weight excluding hydrogens is 353 g/mol. The second-order valence-electron chi connectivity index (χ2n) is 5.80. The van der Waals surface area contributed by atoms with Gasteiger partial charge in [-0.05, 0) is 38.5 Å². The van der Waals surface area contributed by atoms with Gasteiger partial charge in [0.15, 0.2) is 5.96 Å². The average molecular weight is 381 g/mol. The van der Waals surface area contributed by atoms with Gasteiger partial charge in [0.25, 0.3) is 0 Å². The average Bonchev–Trinajstić information content (AvgIpc) is 2.90. The van der Waals surface area contributed by atoms with Gasteiger partial charge in [-0.1, -0.05) is 13.8 Å². The molecule has 4 nitrogen and oxygen atoms in total. The van der Waals surface area contributed by atoms with E-state index in [4.69, 9.17) is 4.74 Å². The summed E-state index contributed by atoms with van der Waals surface area (Å²) >= 11 is 0. The normalized spacial score (nSPS) is 29.5. The zero-order valence-electron chi connectivity index (χ0n) is 12.3. The van der Waals surface area contributed by atoms with Gasteiger partial charge in [-0.15, -0.1) is 24.0 Å². The van der Waals surface area contributed by atoms with Crippen molar-refractivity contribution in [1.29, 1.82) is 0 Å². The van der Waals surface area contributed by atoms with E-state index < -0.39 is 0 Å². The van der Waals surface area contributed by atoms with Crippen LogP contribution >= 0.6 is 24.0 Å². The minimum absolute atomic E-state index is 0. The van der Waals surface area contributed by atoms with E-state index in [9.17, 15) is 0 Å². The fourth-order valence-electron chi connectivity index (χ4n) is 2.72. The molecule has 0 radical (unpaired) electrons. The van der Waals surface area contributed by atoms with Crippen LogP contribution in [0, 0.1) is 5.92 Å². The summed E-state index contributed by atoms with van der Waals surface area (Å²) in [6, 6.07) is 0.459. The van der Waals surface area contributed by atoms with Crippen LogP contribution in [-0.4, -0.2) is 37.3 Å². The monoisotopic (exact) mass is 381 g/mol. The molecule has 0 saturated carbocycles. The molecule has 0 aromatic rings. The van der Waals surface area contributed by atoms with E-state index in [1.165, 1.54) is 12.8 Å². The number of ether oxygens (including phenoxy) is 1. The number of rotatable bonds is 5. The molecule has 2 bridgehead atoms. The topological polar surface area (TPSA) is 45.7 Å². The lowest BCUT2D eigenvalue weighted by Crippen LogP contribution is -2.47. The van der Waals surface area contributed by atoms with Crippen molar-refractivity contribution in [2.24, 2.45) is 10.9 Å². The smallest absolute Gasteiger partial charge is 0.191 e. The van der Waals surface area contributed by atoms with Gasteiger partial charge < -0.3 is 15.4 Å². The number of guanidine groups is 1. The predicted octanol–water partition coefficient (Wildman–Crippen LogP) is 2.53. The van der Waals surface area contributed by atoms with Crippen molar-refractivity contribution >= 4 is 29.9 Å². The Labute approximate surface area is 134 Å². The van der Waals surface area contributed by atoms with Crippen molar-refractivity contribution in [2.75, 3.05) is 13.1 Å². The van der Waals surface area contributed by atoms with Gasteiger partial charge in [0.1, 0.15) is 0 Å². The van der Waals surface area contributed by atoms with Crippen LogP contribution in [0.15, 0.2) is 4.99 Å². The first-order valence-electron chi connectivity index (χ1n) is 7.39. The Hall–Kier alpha value is -0.0400. The Morgan fingerprint density at radius 3 is 2.68 bits per heavy atom. The maximum Gasteiger partial charge on any atom is 0.191 e. The fourth-order valence-corrected chi connectivity index (χ4v) is 2.72. The van der Waals surface area contributed by atoms with Crippen molar-refractivity contribution < 1.29 is 4.74 Å². The van der Waals surface area contributed by atoms with Gasteiger partial charge >= 0.3 is 0 Å². The maximum absolute atomic E-state index is 5.86. The van der Waals surface area contributed by atoms with E-state index in [0.717, 1.165) is 31.9 Å². The number of halogens is 1. The number of aliphatic imine (C=N–C) groups is 1. The highest BCUT2D eigenvalue weighted by atomic mass is 127. The van der Waals surface area contributed by atoms with Crippen molar-refractivity contribution in [2.45, 2.75) is 64.7 Å². The minimum atomic E-state index is 0. The third-order valence-electron chi connectivity index (χ3n) is 3.75. The largest absolute Gasteiger partial charge is 0.373 e. The minimum Gasteiger partial charge on any atom is -0.373 e. The van der Waals surface area contributed by atoms with E-state index in [1.54, 1.807) is 0 Å². The van der Waals surface area contributed by atoms with Gasteiger partial charge in [0, 0.05) is 13.1 Å². The lowest BCUT2D eigenvalue weighted by Gasteiger charge is -2.22. The Morgan fingerprint density at radius 2 is 2.16 bits per heavy atom. The molecule has 2 fully saturated rings. The number of nitrogens with one attached hydrogen (secondary N) is 2. The second kappa shape index (κ2) is 8.29. The first-order chi connectivity index (χ1) is 8.69. The number of fused-ring (bicyclic) bond motifs is 2. The van der Waals surface area contributed by atoms with Gasteiger partial charge in [0.2, 0.25) is 0 Å². The van der Waals surface area contributed by atoms with E-state index >= 15 is 0 Å². The fraction of sp³-hybridized carbons (Fsp3) is 0.929. The summed E-state index contributed by atoms with van der Waals surface area (Å²) in [7, 11) is 0. The van der Waals surface area contributed by atoms with Crippen molar-refractivity contribution in [1.82, 2.24) is 10.6 Å². The standard InChI is InChI=1S/C14H27N3O.HI/c1-4-15-14(16-8-7-10(2)3)17-12-9-11-5-6-13(12)18-11;/h10-13H,4-9H2,1-3H3,(H2,15,16,17);1H. The molecule has 0 aromatic heterocycles. The summed E-state index contributed by atoms with van der Waals surface area (Å²) in [6.07, 6.45) is 5.62. The summed E-state index contributed by atoms with van der Waals surface area (Å²) in [5.41, 5.74) is 0. The van der Waals surface area contributed by atoms with Crippen LogP contribution in [0.4, 0.5) is 0 Å². The molecule has 112 valence electrons. The molecule has 2 rings (SSSR count). The lowest BCUT2D eigenvalue weighted by molar-refractivity contribution is 0.0992. The third-order valence-corrected chi connectivity index (χ3v) is 3.75. The maximum atomic E-state index is 5.86. The SMILES string of the molecule is CCNC(=NCCC(C)C)NC1CC2CCC1O2.I. The molecule has 2 aliphatic heterocycles. The summed E-state index contributed by atoms with van der Waals surface area (Å²) < 4.78 is 5.86. The van der Waals surface area contributed by atoms with Gasteiger partial charge in [-0.3, -0.25) is 4.99 Å². The van der Waals surface area contributed by atoms with E-state index in [0.29, 0.717) is 24.2 Å². The molecule has 2 saturated heterocycles. The summed E-state index contributed by atoms with van der Waals surface area (Å²) in [4.78, 5) is 4.64. The van der Waals surface area contributed by atoms with Crippen LogP contribution in [0.1, 0.15) is 46.5 Å². The Kier molecular flexibility index (Phi) is 7.42. The first-order valence-corrected chi connectivity index (χ1v) is 7.39. The van der Waals surface area contributed by atoms with Crippen molar-refractivity contribution in [3.8, 4) is 0 Å². The predicted molar refractivity (Wildman–Crippen MR) is 90.3 cm³/mol. The van der Waals surface area contributed by atoms with Crippen LogP contribution in [0.3, 0.4) is 0 Å². The highest BCUT2D eigenvalue weighted by molar-refractivity contribution is 14.0. The van der Waals surface area contributed by atoms with Crippen molar-refractivity contribution in [3.63, 3.8) is 0 Å². The number of hydrogen-bond donors (Lipinski definition) is 2. The van der Waals surface area contributed by atoms with Crippen LogP contribution in [0.2, 0.25) is 0 Å². The van der Waals surface area contributed by atoms with Crippen LogP contribution < -0.4 is 10.6 Å². The van der Waals surface area contributed by atoms with E-state index in [-0.39, 0.29) is 24.0 Å². The molecular formula is C14H28IN3O.